The normalized spacial score (nSPS) is 12.0. The third-order valence-electron chi connectivity index (χ3n) is 3.71. The number of carbonyl (C=O) groups is 1. The van der Waals surface area contributed by atoms with Crippen molar-refractivity contribution < 1.29 is 23.1 Å². The molecule has 1 atom stereocenters. The molecule has 0 aliphatic heterocycles. The Balaban J connectivity index is 0.00000364. The smallest absolute Gasteiger partial charge is 0.259 e. The van der Waals surface area contributed by atoms with E-state index >= 15 is 0 Å². The number of methoxy groups -OCH3 is 1. The molecule has 0 radical (unpaired) electrons. The zero-order valence-electron chi connectivity index (χ0n) is 14.9. The van der Waals surface area contributed by atoms with Gasteiger partial charge in [0.2, 0.25) is 0 Å². The van der Waals surface area contributed by atoms with Crippen molar-refractivity contribution in [2.45, 2.75) is 11.8 Å². The van der Waals surface area contributed by atoms with E-state index in [-0.39, 0.29) is 42.1 Å². The van der Waals surface area contributed by atoms with E-state index in [0.717, 1.165) is 0 Å². The van der Waals surface area contributed by atoms with Crippen LogP contribution < -0.4 is 10.1 Å². The van der Waals surface area contributed by atoms with Gasteiger partial charge in [-0.15, -0.1) is 0 Å². The molecule has 2 N–H and O–H groups in total. The summed E-state index contributed by atoms with van der Waals surface area (Å²) >= 11 is 6.04. The molecule has 0 heterocycles. The molecule has 0 spiro atoms. The number of hydrogen-bond donors (Lipinski definition) is 2. The Morgan fingerprint density at radius 3 is 2.52 bits per heavy atom. The summed E-state index contributed by atoms with van der Waals surface area (Å²) in [6.07, 6.45) is 0. The van der Waals surface area contributed by atoms with E-state index in [4.69, 9.17) is 21.4 Å². The number of rotatable bonds is 7. The number of aliphatic hydroxyl groups excluding tert-OH is 1. The van der Waals surface area contributed by atoms with E-state index in [9.17, 15) is 13.2 Å². The van der Waals surface area contributed by atoms with Crippen LogP contribution in [0.4, 0.5) is 5.69 Å². The van der Waals surface area contributed by atoms with Crippen molar-refractivity contribution in [2.24, 2.45) is 5.92 Å². The standard InChI is InChI=1S/C18H20ClNO5S.H2S/c1-12(10-21)11-26(23,24)13-7-8-17(25-2)14(9-13)18(22)20-16-6-4-3-5-15(16)19;/h3-9,12,21H,10-11H2,1-2H3,(H,20,22);1H2/t12-;/m0./s1. The van der Waals surface area contributed by atoms with Crippen molar-refractivity contribution in [1.82, 2.24) is 0 Å². The summed E-state index contributed by atoms with van der Waals surface area (Å²) in [5.74, 6) is -0.935. The van der Waals surface area contributed by atoms with Crippen LogP contribution in [0.15, 0.2) is 47.4 Å². The Morgan fingerprint density at radius 2 is 1.93 bits per heavy atom. The van der Waals surface area contributed by atoms with E-state index in [1.165, 1.54) is 25.3 Å². The van der Waals surface area contributed by atoms with Crippen LogP contribution in [0.5, 0.6) is 5.75 Å². The lowest BCUT2D eigenvalue weighted by Crippen LogP contribution is -2.18. The molecule has 0 aromatic heterocycles. The summed E-state index contributed by atoms with van der Waals surface area (Å²) < 4.78 is 30.1. The van der Waals surface area contributed by atoms with Crippen LogP contribution in [0.2, 0.25) is 5.02 Å². The van der Waals surface area contributed by atoms with Gasteiger partial charge in [0.25, 0.3) is 5.91 Å². The lowest BCUT2D eigenvalue weighted by Gasteiger charge is -2.13. The fraction of sp³-hybridized carbons (Fsp3) is 0.278. The quantitative estimate of drug-likeness (QED) is 0.702. The molecule has 2 aromatic carbocycles. The molecular formula is C18H22ClNO5S2. The van der Waals surface area contributed by atoms with Gasteiger partial charge in [0.1, 0.15) is 5.75 Å². The molecule has 27 heavy (non-hydrogen) atoms. The van der Waals surface area contributed by atoms with Gasteiger partial charge in [-0.3, -0.25) is 4.79 Å². The van der Waals surface area contributed by atoms with Gasteiger partial charge in [0, 0.05) is 6.61 Å². The first-order valence-electron chi connectivity index (χ1n) is 7.86. The van der Waals surface area contributed by atoms with E-state index in [1.54, 1.807) is 31.2 Å². The Hall–Kier alpha value is -1.74. The van der Waals surface area contributed by atoms with Gasteiger partial charge in [-0.05, 0) is 36.2 Å². The van der Waals surface area contributed by atoms with Crippen LogP contribution in [-0.2, 0) is 9.84 Å². The van der Waals surface area contributed by atoms with E-state index in [2.05, 4.69) is 5.32 Å². The SMILES string of the molecule is COc1ccc(S(=O)(=O)C[C@@H](C)CO)cc1C(=O)Nc1ccccc1Cl.S. The predicted molar refractivity (Wildman–Crippen MR) is 111 cm³/mol. The van der Waals surface area contributed by atoms with Crippen LogP contribution >= 0.6 is 25.1 Å². The molecule has 0 saturated heterocycles. The number of amides is 1. The average molecular weight is 432 g/mol. The van der Waals surface area contributed by atoms with Gasteiger partial charge in [-0.2, -0.15) is 13.5 Å². The number of carbonyl (C=O) groups excluding carboxylic acids is 1. The molecule has 0 fully saturated rings. The van der Waals surface area contributed by atoms with Crippen molar-refractivity contribution in [2.75, 3.05) is 24.8 Å². The number of halogens is 1. The largest absolute Gasteiger partial charge is 0.496 e. The molecule has 0 aliphatic rings. The molecular weight excluding hydrogens is 410 g/mol. The van der Waals surface area contributed by atoms with E-state index in [0.29, 0.717) is 10.7 Å². The molecule has 0 saturated carbocycles. The molecule has 0 bridgehead atoms. The second-order valence-electron chi connectivity index (χ2n) is 5.87. The predicted octanol–water partition coefficient (Wildman–Crippen LogP) is 3.12. The van der Waals surface area contributed by atoms with Crippen LogP contribution in [0, 0.1) is 5.92 Å². The van der Waals surface area contributed by atoms with Gasteiger partial charge < -0.3 is 15.2 Å². The Kier molecular flexibility index (Phi) is 8.61. The maximum absolute atomic E-state index is 12.6. The molecule has 2 rings (SSSR count). The van der Waals surface area contributed by atoms with Gasteiger partial charge >= 0.3 is 0 Å². The first kappa shape index (κ1) is 23.3. The number of aliphatic hydroxyl groups is 1. The highest BCUT2D eigenvalue weighted by atomic mass is 35.5. The number of sulfone groups is 1. The minimum atomic E-state index is -3.66. The van der Waals surface area contributed by atoms with Gasteiger partial charge in [0.15, 0.2) is 9.84 Å². The summed E-state index contributed by atoms with van der Waals surface area (Å²) in [5, 5.41) is 12.1. The van der Waals surface area contributed by atoms with Crippen LogP contribution in [0.3, 0.4) is 0 Å². The Labute approximate surface area is 170 Å². The van der Waals surface area contributed by atoms with Gasteiger partial charge in [0.05, 0.1) is 34.0 Å². The summed E-state index contributed by atoms with van der Waals surface area (Å²) in [6.45, 7) is 1.39. The fourth-order valence-electron chi connectivity index (χ4n) is 2.33. The zero-order valence-corrected chi connectivity index (χ0v) is 17.5. The van der Waals surface area contributed by atoms with Crippen molar-refractivity contribution in [3.8, 4) is 5.75 Å². The average Bonchev–Trinajstić information content (AvgIpc) is 2.62. The molecule has 6 nitrogen and oxygen atoms in total. The summed E-state index contributed by atoms with van der Waals surface area (Å²) in [7, 11) is -2.26. The van der Waals surface area contributed by atoms with E-state index < -0.39 is 21.7 Å². The zero-order chi connectivity index (χ0) is 19.3. The second-order valence-corrected chi connectivity index (χ2v) is 8.31. The molecule has 0 aliphatic carbocycles. The molecule has 2 aromatic rings. The van der Waals surface area contributed by atoms with Crippen molar-refractivity contribution >= 4 is 46.5 Å². The van der Waals surface area contributed by atoms with Crippen LogP contribution in [0.1, 0.15) is 17.3 Å². The summed E-state index contributed by atoms with van der Waals surface area (Å²) in [5.41, 5.74) is 0.480. The first-order chi connectivity index (χ1) is 12.3. The molecule has 9 heteroatoms. The second kappa shape index (κ2) is 9.98. The maximum Gasteiger partial charge on any atom is 0.259 e. The maximum atomic E-state index is 12.6. The monoisotopic (exact) mass is 431 g/mol. The lowest BCUT2D eigenvalue weighted by molar-refractivity contribution is 0.102. The third kappa shape index (κ3) is 5.87. The summed E-state index contributed by atoms with van der Waals surface area (Å²) in [6, 6.07) is 10.8. The van der Waals surface area contributed by atoms with E-state index in [1.807, 2.05) is 0 Å². The highest BCUT2D eigenvalue weighted by Crippen LogP contribution is 2.27. The van der Waals surface area contributed by atoms with Gasteiger partial charge in [-0.25, -0.2) is 8.42 Å². The van der Waals surface area contributed by atoms with Crippen molar-refractivity contribution in [3.63, 3.8) is 0 Å². The number of nitrogens with one attached hydrogen (secondary N) is 1. The topological polar surface area (TPSA) is 92.7 Å². The molecule has 1 amide bonds. The Morgan fingerprint density at radius 1 is 1.26 bits per heavy atom. The number of anilines is 1. The fourth-order valence-corrected chi connectivity index (χ4v) is 4.14. The molecule has 0 unspecified atom stereocenters. The number of benzene rings is 2. The molecule has 148 valence electrons. The number of hydrogen-bond acceptors (Lipinski definition) is 5. The van der Waals surface area contributed by atoms with Crippen molar-refractivity contribution in [1.29, 1.82) is 0 Å². The lowest BCUT2D eigenvalue weighted by atomic mass is 10.2. The minimum absolute atomic E-state index is 0. The highest BCUT2D eigenvalue weighted by Gasteiger charge is 2.22. The van der Waals surface area contributed by atoms with Crippen molar-refractivity contribution in [3.05, 3.63) is 53.1 Å². The van der Waals surface area contributed by atoms with Gasteiger partial charge in [-0.1, -0.05) is 30.7 Å². The Bertz CT molecular complexity index is 902. The van der Waals surface area contributed by atoms with Crippen LogP contribution in [-0.4, -0.2) is 38.9 Å². The third-order valence-corrected chi connectivity index (χ3v) is 6.02. The number of para-hydroxylation sites is 1. The summed E-state index contributed by atoms with van der Waals surface area (Å²) in [4.78, 5) is 12.6. The first-order valence-corrected chi connectivity index (χ1v) is 9.89. The van der Waals surface area contributed by atoms with Crippen LogP contribution in [0.25, 0.3) is 0 Å². The highest BCUT2D eigenvalue weighted by molar-refractivity contribution is 7.91. The minimum Gasteiger partial charge on any atom is -0.496 e. The number of ether oxygens (including phenoxy) is 1.